The van der Waals surface area contributed by atoms with E-state index in [1.165, 1.54) is 0 Å². The summed E-state index contributed by atoms with van der Waals surface area (Å²) in [6.07, 6.45) is 1.82. The van der Waals surface area contributed by atoms with E-state index in [0.29, 0.717) is 15.8 Å². The highest BCUT2D eigenvalue weighted by atomic mass is 35.5. The molecule has 3 aromatic rings. The molecule has 1 aromatic heterocycles. The number of ether oxygens (including phenoxy) is 1. The van der Waals surface area contributed by atoms with Crippen LogP contribution in [0.3, 0.4) is 0 Å². The molecule has 0 aliphatic heterocycles. The molecule has 0 spiro atoms. The lowest BCUT2D eigenvalue weighted by Crippen LogP contribution is -2.05. The summed E-state index contributed by atoms with van der Waals surface area (Å²) in [4.78, 5) is 0. The van der Waals surface area contributed by atoms with Gasteiger partial charge >= 0.3 is 0 Å². The van der Waals surface area contributed by atoms with Crippen LogP contribution in [0.5, 0.6) is 5.75 Å². The molecule has 0 aliphatic rings. The van der Waals surface area contributed by atoms with Crippen LogP contribution in [0.1, 0.15) is 0 Å². The Morgan fingerprint density at radius 2 is 1.86 bits per heavy atom. The van der Waals surface area contributed by atoms with Crippen LogP contribution in [0.15, 0.2) is 54.7 Å². The van der Waals surface area contributed by atoms with E-state index >= 15 is 0 Å². The summed E-state index contributed by atoms with van der Waals surface area (Å²) in [7, 11) is 0. The van der Waals surface area contributed by atoms with Gasteiger partial charge in [0, 0.05) is 10.6 Å². The maximum absolute atomic E-state index is 6.04. The first-order valence-corrected chi connectivity index (χ1v) is 7.01. The van der Waals surface area contributed by atoms with E-state index in [0.717, 1.165) is 11.3 Å². The fourth-order valence-corrected chi connectivity index (χ4v) is 2.29. The summed E-state index contributed by atoms with van der Waals surface area (Å²) in [5, 5.41) is 9.17. The zero-order chi connectivity index (χ0) is 14.7. The molecule has 2 aromatic carbocycles. The third-order valence-electron chi connectivity index (χ3n) is 2.85. The van der Waals surface area contributed by atoms with E-state index < -0.39 is 0 Å². The van der Waals surface area contributed by atoms with Gasteiger partial charge in [0.05, 0.1) is 11.2 Å². The lowest BCUT2D eigenvalue weighted by molar-refractivity contribution is 0.218. The van der Waals surface area contributed by atoms with Gasteiger partial charge in [0.1, 0.15) is 11.4 Å². The van der Waals surface area contributed by atoms with Crippen molar-refractivity contribution in [1.82, 2.24) is 15.0 Å². The predicted octanol–water partition coefficient (Wildman–Crippen LogP) is 4.29. The molecule has 0 saturated heterocycles. The zero-order valence-electron chi connectivity index (χ0n) is 10.9. The van der Waals surface area contributed by atoms with Crippen molar-refractivity contribution in [3.05, 3.63) is 64.8 Å². The van der Waals surface area contributed by atoms with Crippen LogP contribution < -0.4 is 4.74 Å². The number of aromatic nitrogens is 3. The van der Waals surface area contributed by atoms with E-state index in [1.54, 1.807) is 22.9 Å². The molecule has 106 valence electrons. The predicted molar refractivity (Wildman–Crippen MR) is 82.5 cm³/mol. The molecule has 4 nitrogen and oxygen atoms in total. The van der Waals surface area contributed by atoms with Crippen molar-refractivity contribution in [2.45, 2.75) is 6.73 Å². The molecule has 0 N–H and O–H groups in total. The van der Waals surface area contributed by atoms with Gasteiger partial charge in [-0.25, -0.2) is 4.68 Å². The van der Waals surface area contributed by atoms with Gasteiger partial charge < -0.3 is 4.74 Å². The second kappa shape index (κ2) is 6.16. The number of hydrogen-bond acceptors (Lipinski definition) is 3. The zero-order valence-corrected chi connectivity index (χ0v) is 12.4. The summed E-state index contributed by atoms with van der Waals surface area (Å²) in [6.45, 7) is 0.223. The molecule has 0 aliphatic carbocycles. The third kappa shape index (κ3) is 3.35. The van der Waals surface area contributed by atoms with Crippen LogP contribution in [0.4, 0.5) is 0 Å². The van der Waals surface area contributed by atoms with E-state index in [2.05, 4.69) is 10.3 Å². The Labute approximate surface area is 131 Å². The first-order valence-electron chi connectivity index (χ1n) is 6.26. The molecule has 0 radical (unpaired) electrons. The Hall–Kier alpha value is -2.04. The molecule has 0 fully saturated rings. The van der Waals surface area contributed by atoms with E-state index in [4.69, 9.17) is 27.9 Å². The Kier molecular flexibility index (Phi) is 4.08. The van der Waals surface area contributed by atoms with Crippen molar-refractivity contribution >= 4 is 23.2 Å². The molecule has 21 heavy (non-hydrogen) atoms. The van der Waals surface area contributed by atoms with Crippen LogP contribution >= 0.6 is 23.2 Å². The maximum Gasteiger partial charge on any atom is 0.182 e. The molecule has 0 bridgehead atoms. The molecular weight excluding hydrogens is 309 g/mol. The lowest BCUT2D eigenvalue weighted by atomic mass is 10.2. The molecule has 0 unspecified atom stereocenters. The molecule has 1 heterocycles. The standard InChI is InChI=1S/C15H11Cl2N3O/c16-12-6-7-15(13(17)8-12)21-10-20-9-14(18-19-20)11-4-2-1-3-5-11/h1-9H,10H2. The normalized spacial score (nSPS) is 10.6. The number of hydrogen-bond donors (Lipinski definition) is 0. The average molecular weight is 320 g/mol. The third-order valence-corrected chi connectivity index (χ3v) is 3.38. The Morgan fingerprint density at radius 3 is 2.62 bits per heavy atom. The summed E-state index contributed by atoms with van der Waals surface area (Å²) in [5.74, 6) is 0.554. The number of benzene rings is 2. The van der Waals surface area contributed by atoms with Crippen molar-refractivity contribution in [1.29, 1.82) is 0 Å². The van der Waals surface area contributed by atoms with Crippen LogP contribution in [0.25, 0.3) is 11.3 Å². The average Bonchev–Trinajstić information content (AvgIpc) is 2.96. The molecule has 6 heteroatoms. The van der Waals surface area contributed by atoms with E-state index in [9.17, 15) is 0 Å². The quantitative estimate of drug-likeness (QED) is 0.720. The Morgan fingerprint density at radius 1 is 1.05 bits per heavy atom. The van der Waals surface area contributed by atoms with Gasteiger partial charge in [-0.3, -0.25) is 0 Å². The van der Waals surface area contributed by atoms with Crippen LogP contribution in [-0.2, 0) is 6.73 Å². The summed E-state index contributed by atoms with van der Waals surface area (Å²) in [6, 6.07) is 14.9. The van der Waals surface area contributed by atoms with Crippen LogP contribution in [0.2, 0.25) is 10.0 Å². The number of rotatable bonds is 4. The largest absolute Gasteiger partial charge is 0.470 e. The van der Waals surface area contributed by atoms with Crippen molar-refractivity contribution in [3.8, 4) is 17.0 Å². The first-order chi connectivity index (χ1) is 10.2. The summed E-state index contributed by atoms with van der Waals surface area (Å²) in [5.41, 5.74) is 1.80. The van der Waals surface area contributed by atoms with Gasteiger partial charge in [-0.1, -0.05) is 58.7 Å². The first kappa shape index (κ1) is 13.9. The fraction of sp³-hybridized carbons (Fsp3) is 0.0667. The minimum atomic E-state index is 0.223. The number of halogens is 2. The molecule has 0 amide bonds. The summed E-state index contributed by atoms with van der Waals surface area (Å²) >= 11 is 11.9. The number of nitrogens with zero attached hydrogens (tertiary/aromatic N) is 3. The van der Waals surface area contributed by atoms with Crippen LogP contribution in [0, 0.1) is 0 Å². The highest BCUT2D eigenvalue weighted by Gasteiger charge is 2.05. The second-order valence-electron chi connectivity index (χ2n) is 4.36. The van der Waals surface area contributed by atoms with E-state index in [1.807, 2.05) is 36.5 Å². The van der Waals surface area contributed by atoms with Crippen molar-refractivity contribution in [2.24, 2.45) is 0 Å². The highest BCUT2D eigenvalue weighted by Crippen LogP contribution is 2.27. The topological polar surface area (TPSA) is 39.9 Å². The monoisotopic (exact) mass is 319 g/mol. The van der Waals surface area contributed by atoms with E-state index in [-0.39, 0.29) is 6.73 Å². The minimum absolute atomic E-state index is 0.223. The second-order valence-corrected chi connectivity index (χ2v) is 5.20. The van der Waals surface area contributed by atoms with Gasteiger partial charge in [-0.15, -0.1) is 5.10 Å². The molecular formula is C15H11Cl2N3O. The lowest BCUT2D eigenvalue weighted by Gasteiger charge is -2.07. The van der Waals surface area contributed by atoms with Crippen molar-refractivity contribution < 1.29 is 4.74 Å². The maximum atomic E-state index is 6.04. The van der Waals surface area contributed by atoms with Gasteiger partial charge in [0.25, 0.3) is 0 Å². The van der Waals surface area contributed by atoms with Crippen molar-refractivity contribution in [3.63, 3.8) is 0 Å². The van der Waals surface area contributed by atoms with Gasteiger partial charge in [0.2, 0.25) is 0 Å². The van der Waals surface area contributed by atoms with Crippen molar-refractivity contribution in [2.75, 3.05) is 0 Å². The van der Waals surface area contributed by atoms with Crippen LogP contribution in [-0.4, -0.2) is 15.0 Å². The van der Waals surface area contributed by atoms with Gasteiger partial charge in [-0.05, 0) is 18.2 Å². The highest BCUT2D eigenvalue weighted by molar-refractivity contribution is 6.35. The molecule has 3 rings (SSSR count). The smallest absolute Gasteiger partial charge is 0.182 e. The minimum Gasteiger partial charge on any atom is -0.470 e. The Balaban J connectivity index is 1.70. The SMILES string of the molecule is Clc1ccc(OCn2cc(-c3ccccc3)nn2)c(Cl)c1. The molecule has 0 atom stereocenters. The summed E-state index contributed by atoms with van der Waals surface area (Å²) < 4.78 is 7.20. The molecule has 0 saturated carbocycles. The van der Waals surface area contributed by atoms with Gasteiger partial charge in [-0.2, -0.15) is 0 Å². The Bertz CT molecular complexity index is 744. The fourth-order valence-electron chi connectivity index (χ4n) is 1.83. The van der Waals surface area contributed by atoms with Gasteiger partial charge in [0.15, 0.2) is 6.73 Å².